The van der Waals surface area contributed by atoms with Crippen LogP contribution in [0.4, 0.5) is 0 Å². The summed E-state index contributed by atoms with van der Waals surface area (Å²) < 4.78 is 12.4. The topological polar surface area (TPSA) is 35.5 Å². The van der Waals surface area contributed by atoms with E-state index in [0.29, 0.717) is 11.8 Å². The number of esters is 1. The molecule has 2 atom stereocenters. The van der Waals surface area contributed by atoms with E-state index < -0.39 is 0 Å². The van der Waals surface area contributed by atoms with E-state index >= 15 is 0 Å². The summed E-state index contributed by atoms with van der Waals surface area (Å²) in [5, 5.41) is 0. The maximum atomic E-state index is 11.9. The summed E-state index contributed by atoms with van der Waals surface area (Å²) in [6.45, 7) is 8.83. The summed E-state index contributed by atoms with van der Waals surface area (Å²) in [7, 11) is 0. The molecule has 0 saturated heterocycles. The molecule has 0 heterocycles. The Bertz CT molecular complexity index is 426. The predicted molar refractivity (Wildman–Crippen MR) is 86.5 cm³/mol. The molecule has 0 radical (unpaired) electrons. The number of carbonyl (C=O) groups is 1. The maximum Gasteiger partial charge on any atom is 0.330 e. The van der Waals surface area contributed by atoms with E-state index in [1.807, 2.05) is 0 Å². The number of ether oxygens (including phenoxy) is 2. The van der Waals surface area contributed by atoms with Crippen molar-refractivity contribution in [3.05, 3.63) is 12.7 Å². The highest BCUT2D eigenvalue weighted by atomic mass is 16.6. The lowest BCUT2D eigenvalue weighted by Gasteiger charge is -2.64. The van der Waals surface area contributed by atoms with Gasteiger partial charge in [0.2, 0.25) is 0 Å². The summed E-state index contributed by atoms with van der Waals surface area (Å²) >= 11 is 0. The first-order chi connectivity index (χ1) is 10.6. The third-order valence-corrected chi connectivity index (χ3v) is 6.43. The molecule has 4 aliphatic rings. The molecule has 4 fully saturated rings. The summed E-state index contributed by atoms with van der Waals surface area (Å²) in [6.07, 6.45) is 10.3. The zero-order valence-corrected chi connectivity index (χ0v) is 14.1. The van der Waals surface area contributed by atoms with Crippen molar-refractivity contribution in [2.45, 2.75) is 76.4 Å². The Labute approximate surface area is 134 Å². The van der Waals surface area contributed by atoms with E-state index in [0.717, 1.165) is 38.2 Å². The van der Waals surface area contributed by atoms with Crippen LogP contribution in [0.1, 0.15) is 65.2 Å². The van der Waals surface area contributed by atoms with Gasteiger partial charge in [0.25, 0.3) is 0 Å². The van der Waals surface area contributed by atoms with E-state index in [1.165, 1.54) is 31.8 Å². The number of rotatable bonds is 7. The van der Waals surface area contributed by atoms with Gasteiger partial charge < -0.3 is 9.47 Å². The quantitative estimate of drug-likeness (QED) is 0.400. The van der Waals surface area contributed by atoms with E-state index in [9.17, 15) is 4.79 Å². The predicted octanol–water partition coefficient (Wildman–Crippen LogP) is 4.26. The van der Waals surface area contributed by atoms with Crippen molar-refractivity contribution in [1.29, 1.82) is 0 Å². The summed E-state index contributed by atoms with van der Waals surface area (Å²) in [5.74, 6) is 1.44. The smallest absolute Gasteiger partial charge is 0.330 e. The van der Waals surface area contributed by atoms with Gasteiger partial charge in [0.05, 0.1) is 5.60 Å². The lowest BCUT2D eigenvalue weighted by atomic mass is 9.47. The van der Waals surface area contributed by atoms with Crippen LogP contribution in [0.15, 0.2) is 12.7 Å². The minimum Gasteiger partial charge on any atom is -0.455 e. The zero-order valence-electron chi connectivity index (χ0n) is 14.1. The average Bonchev–Trinajstić information content (AvgIpc) is 2.50. The first kappa shape index (κ1) is 16.0. The minimum atomic E-state index is -0.264. The normalized spacial score (nSPS) is 42.4. The Morgan fingerprint density at radius 3 is 2.45 bits per heavy atom. The molecule has 22 heavy (non-hydrogen) atoms. The van der Waals surface area contributed by atoms with Gasteiger partial charge in [0, 0.05) is 24.5 Å². The van der Waals surface area contributed by atoms with E-state index in [2.05, 4.69) is 20.4 Å². The van der Waals surface area contributed by atoms with E-state index in [4.69, 9.17) is 9.47 Å². The van der Waals surface area contributed by atoms with Crippen molar-refractivity contribution in [2.75, 3.05) is 6.61 Å². The van der Waals surface area contributed by atoms with Gasteiger partial charge in [0.1, 0.15) is 5.60 Å². The fourth-order valence-electron chi connectivity index (χ4n) is 5.64. The Morgan fingerprint density at radius 1 is 1.23 bits per heavy atom. The van der Waals surface area contributed by atoms with Crippen LogP contribution in [-0.4, -0.2) is 23.8 Å². The minimum absolute atomic E-state index is 0.0743. The molecule has 124 valence electrons. The van der Waals surface area contributed by atoms with Crippen LogP contribution in [0, 0.1) is 17.8 Å². The first-order valence-corrected chi connectivity index (χ1v) is 9.07. The summed E-state index contributed by atoms with van der Waals surface area (Å²) in [4.78, 5) is 11.9. The van der Waals surface area contributed by atoms with Crippen molar-refractivity contribution in [3.63, 3.8) is 0 Å². The molecule has 4 saturated carbocycles. The van der Waals surface area contributed by atoms with Gasteiger partial charge in [-0.25, -0.2) is 4.79 Å². The highest BCUT2D eigenvalue weighted by Gasteiger charge is 2.63. The lowest BCUT2D eigenvalue weighted by Crippen LogP contribution is -2.65. The van der Waals surface area contributed by atoms with Gasteiger partial charge in [-0.05, 0) is 50.9 Å². The summed E-state index contributed by atoms with van der Waals surface area (Å²) in [5.41, 5.74) is -0.190. The van der Waals surface area contributed by atoms with Gasteiger partial charge in [-0.3, -0.25) is 0 Å². The van der Waals surface area contributed by atoms with E-state index in [1.54, 1.807) is 0 Å². The fraction of sp³-hybridized carbons (Fsp3) is 0.842. The van der Waals surface area contributed by atoms with Gasteiger partial charge in [-0.2, -0.15) is 0 Å². The molecule has 0 aromatic rings. The Kier molecular flexibility index (Phi) is 4.37. The van der Waals surface area contributed by atoms with Crippen molar-refractivity contribution in [2.24, 2.45) is 17.8 Å². The molecule has 3 nitrogen and oxygen atoms in total. The highest BCUT2D eigenvalue weighted by Crippen LogP contribution is 2.63. The van der Waals surface area contributed by atoms with Crippen LogP contribution in [0.2, 0.25) is 0 Å². The molecule has 0 spiro atoms. The zero-order chi connectivity index (χ0) is 15.8. The average molecular weight is 306 g/mol. The molecular weight excluding hydrogens is 276 g/mol. The van der Waals surface area contributed by atoms with Crippen LogP contribution in [0.25, 0.3) is 0 Å². The first-order valence-electron chi connectivity index (χ1n) is 9.07. The van der Waals surface area contributed by atoms with E-state index in [-0.39, 0.29) is 17.2 Å². The second-order valence-electron chi connectivity index (χ2n) is 7.66. The molecule has 4 rings (SSSR count). The number of unbranched alkanes of at least 4 members (excludes halogenated alkanes) is 1. The van der Waals surface area contributed by atoms with Crippen LogP contribution in [0.5, 0.6) is 0 Å². The van der Waals surface area contributed by atoms with Crippen molar-refractivity contribution < 1.29 is 14.3 Å². The molecule has 0 N–H and O–H groups in total. The lowest BCUT2D eigenvalue weighted by molar-refractivity contribution is -0.251. The largest absolute Gasteiger partial charge is 0.455 e. The molecule has 0 aromatic carbocycles. The van der Waals surface area contributed by atoms with Crippen LogP contribution >= 0.6 is 0 Å². The van der Waals surface area contributed by atoms with Gasteiger partial charge in [-0.15, -0.1) is 0 Å². The SMILES string of the molecule is C=CC(=O)OC1(CC)C2CC3CC1CC(OCCCC)(C3)C2. The Morgan fingerprint density at radius 2 is 1.91 bits per heavy atom. The van der Waals surface area contributed by atoms with Gasteiger partial charge in [0.15, 0.2) is 0 Å². The maximum absolute atomic E-state index is 11.9. The standard InChI is InChI=1S/C19H30O3/c1-4-7-8-21-18-11-14-9-15(12-18)19(6-3,16(10-14)13-18)22-17(20)5-2/h5,14-16H,2,4,6-13H2,1,3H3. The van der Waals surface area contributed by atoms with Gasteiger partial charge in [-0.1, -0.05) is 26.8 Å². The molecule has 3 heteroatoms. The molecule has 4 bridgehead atoms. The van der Waals surface area contributed by atoms with Crippen LogP contribution in [-0.2, 0) is 14.3 Å². The number of carbonyl (C=O) groups excluding carboxylic acids is 1. The van der Waals surface area contributed by atoms with Crippen LogP contribution < -0.4 is 0 Å². The molecule has 2 unspecified atom stereocenters. The Hall–Kier alpha value is -0.830. The second kappa shape index (κ2) is 5.99. The highest BCUT2D eigenvalue weighted by molar-refractivity contribution is 5.81. The molecule has 0 aliphatic heterocycles. The molecule has 0 aromatic heterocycles. The molecular formula is C19H30O3. The second-order valence-corrected chi connectivity index (χ2v) is 7.66. The van der Waals surface area contributed by atoms with Crippen molar-refractivity contribution >= 4 is 5.97 Å². The van der Waals surface area contributed by atoms with Gasteiger partial charge >= 0.3 is 5.97 Å². The number of hydrogen-bond acceptors (Lipinski definition) is 3. The van der Waals surface area contributed by atoms with Crippen molar-refractivity contribution in [3.8, 4) is 0 Å². The monoisotopic (exact) mass is 306 g/mol. The summed E-state index contributed by atoms with van der Waals surface area (Å²) in [6, 6.07) is 0. The molecule has 4 aliphatic carbocycles. The number of hydrogen-bond donors (Lipinski definition) is 0. The Balaban J connectivity index is 1.79. The third kappa shape index (κ3) is 2.51. The van der Waals surface area contributed by atoms with Crippen LogP contribution in [0.3, 0.4) is 0 Å². The third-order valence-electron chi connectivity index (χ3n) is 6.43. The van der Waals surface area contributed by atoms with Crippen molar-refractivity contribution in [1.82, 2.24) is 0 Å². The fourth-order valence-corrected chi connectivity index (χ4v) is 5.64. The molecule has 0 amide bonds.